The van der Waals surface area contributed by atoms with E-state index in [4.69, 9.17) is 4.74 Å². The molecule has 3 atom stereocenters. The van der Waals surface area contributed by atoms with E-state index in [1.807, 2.05) is 6.08 Å². The second-order valence-corrected chi connectivity index (χ2v) is 10.4. The largest absolute Gasteiger partial charge is 0.390 e. The van der Waals surface area contributed by atoms with Crippen molar-refractivity contribution in [2.45, 2.75) is 57.3 Å². The number of rotatable bonds is 5. The van der Waals surface area contributed by atoms with Gasteiger partial charge in [-0.2, -0.15) is 0 Å². The van der Waals surface area contributed by atoms with Gasteiger partial charge in [-0.1, -0.05) is 38.7 Å². The van der Waals surface area contributed by atoms with Gasteiger partial charge in [0.15, 0.2) is 0 Å². The summed E-state index contributed by atoms with van der Waals surface area (Å²) >= 11 is 0. The molecule has 1 fully saturated rings. The van der Waals surface area contributed by atoms with Gasteiger partial charge >= 0.3 is 0 Å². The van der Waals surface area contributed by atoms with Crippen molar-refractivity contribution < 1.29 is 9.84 Å². The van der Waals surface area contributed by atoms with Gasteiger partial charge in [0.1, 0.15) is 6.10 Å². The molecule has 1 aliphatic heterocycles. The molecule has 0 aromatic carbocycles. The molecule has 82 valence electrons. The summed E-state index contributed by atoms with van der Waals surface area (Å²) in [5, 5.41) is 9.80. The number of allylic oxidation sites excluding steroid dienone is 1. The van der Waals surface area contributed by atoms with Gasteiger partial charge in [0.25, 0.3) is 0 Å². The molecule has 0 saturated carbocycles. The molecule has 0 amide bonds. The summed E-state index contributed by atoms with van der Waals surface area (Å²) in [6.45, 7) is 8.95. The van der Waals surface area contributed by atoms with Gasteiger partial charge < -0.3 is 9.84 Å². The van der Waals surface area contributed by atoms with Crippen molar-refractivity contribution in [1.29, 1.82) is 0 Å². The SMILES string of the molecule is CC/C=C\C[C@@H](O)[C@H]1O[C@@H]1[Si](C)(C)C. The zero-order valence-corrected chi connectivity index (χ0v) is 10.7. The predicted octanol–water partition coefficient (Wildman–Crippen LogP) is 2.35. The summed E-state index contributed by atoms with van der Waals surface area (Å²) < 4.78 is 5.55. The quantitative estimate of drug-likeness (QED) is 0.433. The first kappa shape index (κ1) is 11.9. The predicted molar refractivity (Wildman–Crippen MR) is 62.1 cm³/mol. The van der Waals surface area contributed by atoms with Gasteiger partial charge in [-0.3, -0.25) is 0 Å². The highest BCUT2D eigenvalue weighted by Crippen LogP contribution is 2.34. The first-order valence-electron chi connectivity index (χ1n) is 5.45. The van der Waals surface area contributed by atoms with Gasteiger partial charge in [-0.15, -0.1) is 0 Å². The number of hydrogen-bond acceptors (Lipinski definition) is 2. The third kappa shape index (κ3) is 3.22. The molecule has 0 aromatic rings. The van der Waals surface area contributed by atoms with Crippen LogP contribution < -0.4 is 0 Å². The van der Waals surface area contributed by atoms with Crippen LogP contribution in [0.15, 0.2) is 12.2 Å². The van der Waals surface area contributed by atoms with Crippen LogP contribution in [0.5, 0.6) is 0 Å². The van der Waals surface area contributed by atoms with Crippen LogP contribution in [-0.4, -0.2) is 31.1 Å². The Balaban J connectivity index is 2.29. The van der Waals surface area contributed by atoms with Crippen LogP contribution in [0.4, 0.5) is 0 Å². The summed E-state index contributed by atoms with van der Waals surface area (Å²) in [4.78, 5) is 0. The van der Waals surface area contributed by atoms with Crippen molar-refractivity contribution in [3.63, 3.8) is 0 Å². The lowest BCUT2D eigenvalue weighted by Crippen LogP contribution is -2.33. The normalized spacial score (nSPS) is 29.5. The average Bonchev–Trinajstić information content (AvgIpc) is 2.81. The van der Waals surface area contributed by atoms with Crippen molar-refractivity contribution >= 4 is 8.07 Å². The van der Waals surface area contributed by atoms with Crippen molar-refractivity contribution in [2.24, 2.45) is 0 Å². The molecule has 1 N–H and O–H groups in total. The third-order valence-corrected chi connectivity index (χ3v) is 4.71. The van der Waals surface area contributed by atoms with Crippen LogP contribution in [0, 0.1) is 0 Å². The molecular formula is C11H22O2Si. The Morgan fingerprint density at radius 2 is 2.00 bits per heavy atom. The number of hydrogen-bond donors (Lipinski definition) is 1. The van der Waals surface area contributed by atoms with Crippen LogP contribution in [0.1, 0.15) is 19.8 Å². The summed E-state index contributed by atoms with van der Waals surface area (Å²) in [6.07, 6.45) is 5.73. The molecule has 0 spiro atoms. The molecule has 1 saturated heterocycles. The van der Waals surface area contributed by atoms with E-state index >= 15 is 0 Å². The minimum Gasteiger partial charge on any atom is -0.390 e. The molecular weight excluding hydrogens is 192 g/mol. The average molecular weight is 214 g/mol. The summed E-state index contributed by atoms with van der Waals surface area (Å²) in [6, 6.07) is 0. The zero-order valence-electron chi connectivity index (χ0n) is 9.66. The smallest absolute Gasteiger partial charge is 0.107 e. The molecule has 0 unspecified atom stereocenters. The van der Waals surface area contributed by atoms with Gasteiger partial charge in [0.05, 0.1) is 19.9 Å². The lowest BCUT2D eigenvalue weighted by atomic mass is 10.2. The Morgan fingerprint density at radius 1 is 1.36 bits per heavy atom. The molecule has 0 bridgehead atoms. The van der Waals surface area contributed by atoms with Crippen LogP contribution in [-0.2, 0) is 4.74 Å². The number of aliphatic hydroxyl groups is 1. The Labute approximate surface area is 88.0 Å². The van der Waals surface area contributed by atoms with Gasteiger partial charge in [0, 0.05) is 0 Å². The zero-order chi connectivity index (χ0) is 10.8. The van der Waals surface area contributed by atoms with Crippen LogP contribution >= 0.6 is 0 Å². The van der Waals surface area contributed by atoms with Crippen LogP contribution in [0.3, 0.4) is 0 Å². The molecule has 0 radical (unpaired) electrons. The number of ether oxygens (including phenoxy) is 1. The molecule has 0 aromatic heterocycles. The number of epoxide rings is 1. The van der Waals surface area contributed by atoms with E-state index < -0.39 is 8.07 Å². The Morgan fingerprint density at radius 3 is 2.43 bits per heavy atom. The van der Waals surface area contributed by atoms with Crippen molar-refractivity contribution in [2.75, 3.05) is 0 Å². The Kier molecular flexibility index (Phi) is 3.92. The molecule has 1 aliphatic rings. The van der Waals surface area contributed by atoms with Crippen molar-refractivity contribution in [3.05, 3.63) is 12.2 Å². The first-order valence-corrected chi connectivity index (χ1v) is 9.03. The first-order chi connectivity index (χ1) is 6.46. The molecule has 1 heterocycles. The van der Waals surface area contributed by atoms with Crippen molar-refractivity contribution in [1.82, 2.24) is 0 Å². The van der Waals surface area contributed by atoms with E-state index in [1.165, 1.54) is 0 Å². The molecule has 14 heavy (non-hydrogen) atoms. The molecule has 2 nitrogen and oxygen atoms in total. The fourth-order valence-electron chi connectivity index (χ4n) is 1.65. The van der Waals surface area contributed by atoms with Gasteiger partial charge in [0.2, 0.25) is 0 Å². The minimum atomic E-state index is -1.20. The van der Waals surface area contributed by atoms with Gasteiger partial charge in [-0.05, 0) is 12.8 Å². The second-order valence-electron chi connectivity index (χ2n) is 5.07. The maximum absolute atomic E-state index is 9.80. The van der Waals surface area contributed by atoms with E-state index in [2.05, 4.69) is 32.6 Å². The lowest BCUT2D eigenvalue weighted by molar-refractivity contribution is 0.138. The highest BCUT2D eigenvalue weighted by Gasteiger charge is 2.51. The number of aliphatic hydroxyl groups excluding tert-OH is 1. The minimum absolute atomic E-state index is 0.114. The topological polar surface area (TPSA) is 32.8 Å². The highest BCUT2D eigenvalue weighted by atomic mass is 28.3. The molecule has 3 heteroatoms. The Hall–Kier alpha value is -0.123. The van der Waals surface area contributed by atoms with Crippen molar-refractivity contribution in [3.8, 4) is 0 Å². The summed E-state index contributed by atoms with van der Waals surface area (Å²) in [7, 11) is -1.20. The Bertz CT molecular complexity index is 208. The fraction of sp³-hybridized carbons (Fsp3) is 0.818. The van der Waals surface area contributed by atoms with E-state index in [9.17, 15) is 5.11 Å². The van der Waals surface area contributed by atoms with E-state index in [-0.39, 0.29) is 12.2 Å². The highest BCUT2D eigenvalue weighted by molar-refractivity contribution is 6.78. The maximum atomic E-state index is 9.80. The second kappa shape index (κ2) is 4.60. The van der Waals surface area contributed by atoms with E-state index in [0.29, 0.717) is 5.73 Å². The maximum Gasteiger partial charge on any atom is 0.107 e. The van der Waals surface area contributed by atoms with Gasteiger partial charge in [-0.25, -0.2) is 0 Å². The van der Waals surface area contributed by atoms with E-state index in [0.717, 1.165) is 12.8 Å². The van der Waals surface area contributed by atoms with E-state index in [1.54, 1.807) is 0 Å². The standard InChI is InChI=1S/C11H22O2Si/c1-5-6-7-8-9(12)10-11(13-10)14(2,3)4/h6-7,9-12H,5,8H2,1-4H3/b7-6-/t9-,10-,11-/m1/s1. The molecule has 1 rings (SSSR count). The summed E-state index contributed by atoms with van der Waals surface area (Å²) in [5.74, 6) is 0. The van der Waals surface area contributed by atoms with Crippen LogP contribution in [0.25, 0.3) is 0 Å². The lowest BCUT2D eigenvalue weighted by Gasteiger charge is -2.12. The van der Waals surface area contributed by atoms with Crippen LogP contribution in [0.2, 0.25) is 19.6 Å². The third-order valence-electron chi connectivity index (χ3n) is 2.54. The molecule has 0 aliphatic carbocycles. The fourth-order valence-corrected chi connectivity index (χ4v) is 3.42. The summed E-state index contributed by atoms with van der Waals surface area (Å²) in [5.41, 5.74) is 0.368. The monoisotopic (exact) mass is 214 g/mol.